The molecule has 0 aromatic heterocycles. The Morgan fingerprint density at radius 3 is 2.15 bits per heavy atom. The van der Waals surface area contributed by atoms with Gasteiger partial charge in [-0.3, -0.25) is 9.52 Å². The summed E-state index contributed by atoms with van der Waals surface area (Å²) in [7, 11) is -3.76. The van der Waals surface area contributed by atoms with Gasteiger partial charge < -0.3 is 14.8 Å². The van der Waals surface area contributed by atoms with Crippen LogP contribution in [0.3, 0.4) is 0 Å². The zero-order chi connectivity index (χ0) is 24.0. The molecule has 0 heterocycles. The van der Waals surface area contributed by atoms with E-state index in [2.05, 4.69) is 10.0 Å². The van der Waals surface area contributed by atoms with Gasteiger partial charge in [0.05, 0.1) is 11.5 Å². The molecule has 0 unspecified atom stereocenters. The lowest BCUT2D eigenvalue weighted by Gasteiger charge is -2.13. The van der Waals surface area contributed by atoms with Gasteiger partial charge in [0.15, 0.2) is 6.61 Å². The molecule has 0 bridgehead atoms. The molecule has 0 spiro atoms. The first-order valence-corrected chi connectivity index (χ1v) is 12.0. The Bertz CT molecular complexity index is 1240. The van der Waals surface area contributed by atoms with Gasteiger partial charge >= 0.3 is 0 Å². The molecule has 2 N–H and O–H groups in total. The highest BCUT2D eigenvalue weighted by Crippen LogP contribution is 2.24. The highest BCUT2D eigenvalue weighted by Gasteiger charge is 2.16. The van der Waals surface area contributed by atoms with Crippen LogP contribution >= 0.6 is 0 Å². The fourth-order valence-corrected chi connectivity index (χ4v) is 4.25. The zero-order valence-electron chi connectivity index (χ0n) is 19.1. The molecule has 1 amide bonds. The predicted molar refractivity (Wildman–Crippen MR) is 130 cm³/mol. The quantitative estimate of drug-likeness (QED) is 0.469. The van der Waals surface area contributed by atoms with Crippen molar-refractivity contribution in [3.05, 3.63) is 77.4 Å². The van der Waals surface area contributed by atoms with Gasteiger partial charge in [0.1, 0.15) is 11.5 Å². The summed E-state index contributed by atoms with van der Waals surface area (Å²) in [6, 6.07) is 17.0. The van der Waals surface area contributed by atoms with Gasteiger partial charge in [0.25, 0.3) is 15.9 Å². The molecule has 0 saturated heterocycles. The van der Waals surface area contributed by atoms with Crippen LogP contribution in [0.4, 0.5) is 11.4 Å². The van der Waals surface area contributed by atoms with E-state index >= 15 is 0 Å². The largest absolute Gasteiger partial charge is 0.494 e. The lowest BCUT2D eigenvalue weighted by atomic mass is 10.1. The Labute approximate surface area is 194 Å². The molecule has 3 rings (SSSR count). The van der Waals surface area contributed by atoms with Crippen LogP contribution in [0.1, 0.15) is 23.6 Å². The number of anilines is 2. The fourth-order valence-electron chi connectivity index (χ4n) is 3.11. The molecule has 0 radical (unpaired) electrons. The Morgan fingerprint density at radius 2 is 1.52 bits per heavy atom. The number of hydrogen-bond acceptors (Lipinski definition) is 5. The molecular formula is C25H28N2O5S. The molecule has 33 heavy (non-hydrogen) atoms. The third-order valence-corrected chi connectivity index (χ3v) is 6.40. The van der Waals surface area contributed by atoms with Gasteiger partial charge in [-0.1, -0.05) is 6.07 Å². The number of ether oxygens (including phenoxy) is 2. The molecule has 3 aromatic carbocycles. The zero-order valence-corrected chi connectivity index (χ0v) is 20.0. The van der Waals surface area contributed by atoms with Crippen molar-refractivity contribution in [1.82, 2.24) is 0 Å². The maximum Gasteiger partial charge on any atom is 0.262 e. The average molecular weight is 469 g/mol. The Morgan fingerprint density at radius 1 is 0.818 bits per heavy atom. The lowest BCUT2D eigenvalue weighted by molar-refractivity contribution is -0.118. The number of carbonyl (C=O) groups excluding carboxylic acids is 1. The van der Waals surface area contributed by atoms with Gasteiger partial charge in [0, 0.05) is 11.4 Å². The Hall–Kier alpha value is -3.52. The number of aryl methyl sites for hydroxylation is 3. The van der Waals surface area contributed by atoms with Crippen molar-refractivity contribution in [3.8, 4) is 11.5 Å². The third-order valence-electron chi connectivity index (χ3n) is 5.02. The van der Waals surface area contributed by atoms with Gasteiger partial charge in [0.2, 0.25) is 0 Å². The molecule has 0 saturated carbocycles. The van der Waals surface area contributed by atoms with E-state index < -0.39 is 10.0 Å². The summed E-state index contributed by atoms with van der Waals surface area (Å²) in [5.41, 5.74) is 3.82. The van der Waals surface area contributed by atoms with Crippen LogP contribution in [0, 0.1) is 20.8 Å². The van der Waals surface area contributed by atoms with Crippen molar-refractivity contribution in [1.29, 1.82) is 0 Å². The molecule has 7 nitrogen and oxygen atoms in total. The molecule has 0 fully saturated rings. The Kier molecular flexibility index (Phi) is 7.60. The van der Waals surface area contributed by atoms with E-state index in [0.29, 0.717) is 29.3 Å². The number of benzene rings is 3. The Balaban J connectivity index is 1.61. The van der Waals surface area contributed by atoms with E-state index in [4.69, 9.17) is 9.47 Å². The topological polar surface area (TPSA) is 93.7 Å². The molecule has 8 heteroatoms. The number of amides is 1. The molecule has 3 aromatic rings. The average Bonchev–Trinajstić information content (AvgIpc) is 2.77. The van der Waals surface area contributed by atoms with Gasteiger partial charge in [-0.05, 0) is 99.0 Å². The van der Waals surface area contributed by atoms with Crippen molar-refractivity contribution in [2.75, 3.05) is 23.3 Å². The second-order valence-corrected chi connectivity index (χ2v) is 9.31. The van der Waals surface area contributed by atoms with E-state index in [9.17, 15) is 13.2 Å². The highest BCUT2D eigenvalue weighted by molar-refractivity contribution is 7.92. The van der Waals surface area contributed by atoms with E-state index in [1.807, 2.05) is 26.8 Å². The number of hydrogen-bond donors (Lipinski definition) is 2. The molecule has 0 atom stereocenters. The molecule has 0 aliphatic carbocycles. The lowest BCUT2D eigenvalue weighted by Crippen LogP contribution is -2.20. The second-order valence-electron chi connectivity index (χ2n) is 7.63. The summed E-state index contributed by atoms with van der Waals surface area (Å²) in [4.78, 5) is 12.3. The van der Waals surface area contributed by atoms with Crippen molar-refractivity contribution in [2.45, 2.75) is 32.6 Å². The SMILES string of the molecule is CCOc1ccc(NC(=O)COc2ccc(S(=O)(=O)Nc3ccc(C)c(C)c3)cc2C)cc1. The minimum absolute atomic E-state index is 0.115. The number of carbonyl (C=O) groups is 1. The second kappa shape index (κ2) is 10.4. The van der Waals surface area contributed by atoms with E-state index in [0.717, 1.165) is 16.9 Å². The van der Waals surface area contributed by atoms with Crippen molar-refractivity contribution >= 4 is 27.3 Å². The normalized spacial score (nSPS) is 11.0. The predicted octanol–water partition coefficient (Wildman–Crippen LogP) is 4.83. The standard InChI is InChI=1S/C25H28N2O5S/c1-5-31-22-10-8-20(9-11-22)26-25(28)16-32-24-13-12-23(15-19(24)4)33(29,30)27-21-7-6-17(2)18(3)14-21/h6-15,27H,5,16H2,1-4H3,(H,26,28). The molecule has 0 aliphatic heterocycles. The highest BCUT2D eigenvalue weighted by atomic mass is 32.2. The van der Waals surface area contributed by atoms with Crippen LogP contribution in [0.2, 0.25) is 0 Å². The van der Waals surface area contributed by atoms with Gasteiger partial charge in [-0.15, -0.1) is 0 Å². The van der Waals surface area contributed by atoms with Crippen LogP contribution in [0.5, 0.6) is 11.5 Å². The van der Waals surface area contributed by atoms with Crippen molar-refractivity contribution in [3.63, 3.8) is 0 Å². The van der Waals surface area contributed by atoms with Gasteiger partial charge in [-0.25, -0.2) is 8.42 Å². The summed E-state index contributed by atoms with van der Waals surface area (Å²) < 4.78 is 39.1. The first kappa shape index (κ1) is 24.1. The number of sulfonamides is 1. The van der Waals surface area contributed by atoms with Crippen LogP contribution in [0.15, 0.2) is 65.6 Å². The molecule has 174 valence electrons. The minimum Gasteiger partial charge on any atom is -0.494 e. The van der Waals surface area contributed by atoms with Gasteiger partial charge in [-0.2, -0.15) is 0 Å². The molecular weight excluding hydrogens is 440 g/mol. The van der Waals surface area contributed by atoms with Crippen molar-refractivity contribution in [2.24, 2.45) is 0 Å². The number of nitrogens with one attached hydrogen (secondary N) is 2. The summed E-state index contributed by atoms with van der Waals surface area (Å²) in [6.07, 6.45) is 0. The summed E-state index contributed by atoms with van der Waals surface area (Å²) >= 11 is 0. The van der Waals surface area contributed by atoms with Crippen LogP contribution in [0.25, 0.3) is 0 Å². The monoisotopic (exact) mass is 468 g/mol. The van der Waals surface area contributed by atoms with E-state index in [1.54, 1.807) is 49.4 Å². The molecule has 0 aliphatic rings. The van der Waals surface area contributed by atoms with E-state index in [1.165, 1.54) is 12.1 Å². The summed E-state index contributed by atoms with van der Waals surface area (Å²) in [5, 5.41) is 2.75. The smallest absolute Gasteiger partial charge is 0.262 e. The van der Waals surface area contributed by atoms with Crippen molar-refractivity contribution < 1.29 is 22.7 Å². The first-order valence-electron chi connectivity index (χ1n) is 10.5. The van der Waals surface area contributed by atoms with Crippen LogP contribution in [-0.4, -0.2) is 27.5 Å². The maximum atomic E-state index is 12.8. The van der Waals surface area contributed by atoms with Crippen LogP contribution < -0.4 is 19.5 Å². The minimum atomic E-state index is -3.76. The summed E-state index contributed by atoms with van der Waals surface area (Å²) in [5.74, 6) is 0.832. The number of rotatable bonds is 9. The first-order chi connectivity index (χ1) is 15.7. The maximum absolute atomic E-state index is 12.8. The third kappa shape index (κ3) is 6.49. The summed E-state index contributed by atoms with van der Waals surface area (Å²) in [6.45, 7) is 7.89. The fraction of sp³-hybridized carbons (Fsp3) is 0.240. The van der Waals surface area contributed by atoms with Crippen LogP contribution in [-0.2, 0) is 14.8 Å². The van der Waals surface area contributed by atoms with E-state index in [-0.39, 0.29) is 17.4 Å².